The second-order valence-corrected chi connectivity index (χ2v) is 3.61. The molecule has 2 rings (SSSR count). The molecule has 0 aromatic heterocycles. The van der Waals surface area contributed by atoms with Crippen molar-refractivity contribution in [3.8, 4) is 0 Å². The zero-order chi connectivity index (χ0) is 11.2. The van der Waals surface area contributed by atoms with Crippen LogP contribution < -0.4 is 0 Å². The molecule has 0 bridgehead atoms. The third-order valence-electron chi connectivity index (χ3n) is 2.41. The molecule has 0 aliphatic rings. The molecule has 16 heavy (non-hydrogen) atoms. The Hall–Kier alpha value is -1.89. The van der Waals surface area contributed by atoms with Crippen LogP contribution in [-0.4, -0.2) is 0 Å². The van der Waals surface area contributed by atoms with Crippen molar-refractivity contribution in [2.45, 2.75) is 6.42 Å². The summed E-state index contributed by atoms with van der Waals surface area (Å²) in [6.45, 7) is 0. The molecule has 0 spiro atoms. The Morgan fingerprint density at radius 2 is 1.44 bits per heavy atom. The molecular weight excluding hydrogens is 199 g/mol. The summed E-state index contributed by atoms with van der Waals surface area (Å²) in [7, 11) is 0. The molecule has 0 saturated carbocycles. The van der Waals surface area contributed by atoms with Crippen molar-refractivity contribution < 1.29 is 4.39 Å². The van der Waals surface area contributed by atoms with Crippen LogP contribution >= 0.6 is 0 Å². The van der Waals surface area contributed by atoms with Crippen LogP contribution in [-0.2, 0) is 6.42 Å². The van der Waals surface area contributed by atoms with Gasteiger partial charge in [0.25, 0.3) is 0 Å². The maximum Gasteiger partial charge on any atom is 0.126 e. The van der Waals surface area contributed by atoms with E-state index >= 15 is 0 Å². The number of halogens is 1. The fourth-order valence-electron chi connectivity index (χ4n) is 1.54. The molecule has 0 unspecified atom stereocenters. The summed E-state index contributed by atoms with van der Waals surface area (Å²) in [4.78, 5) is 0. The van der Waals surface area contributed by atoms with Crippen LogP contribution in [0.2, 0.25) is 0 Å². The number of hydrogen-bond donors (Lipinski definition) is 0. The molecule has 2 aromatic rings. The Bertz CT molecular complexity index is 457. The van der Waals surface area contributed by atoms with E-state index in [9.17, 15) is 4.39 Å². The summed E-state index contributed by atoms with van der Waals surface area (Å²) in [6, 6.07) is 19.0. The van der Waals surface area contributed by atoms with E-state index in [1.807, 2.05) is 48.5 Å². The van der Waals surface area contributed by atoms with E-state index in [1.54, 1.807) is 18.2 Å². The van der Waals surface area contributed by atoms with Crippen LogP contribution in [0.3, 0.4) is 0 Å². The summed E-state index contributed by atoms with van der Waals surface area (Å²) >= 11 is 0. The maximum atomic E-state index is 13.7. The van der Waals surface area contributed by atoms with E-state index in [1.165, 1.54) is 0 Å². The van der Waals surface area contributed by atoms with Gasteiger partial charge in [-0.2, -0.15) is 0 Å². The highest BCUT2D eigenvalue weighted by molar-refractivity contribution is 5.58. The van der Waals surface area contributed by atoms with E-state index < -0.39 is 0 Å². The van der Waals surface area contributed by atoms with Crippen LogP contribution in [0.5, 0.6) is 0 Å². The largest absolute Gasteiger partial charge is 0.207 e. The van der Waals surface area contributed by atoms with Gasteiger partial charge in [0, 0.05) is 5.56 Å². The Labute approximate surface area is 95.1 Å². The molecule has 0 aliphatic heterocycles. The monoisotopic (exact) mass is 212 g/mol. The highest BCUT2D eigenvalue weighted by Crippen LogP contribution is 2.16. The van der Waals surface area contributed by atoms with E-state index in [2.05, 4.69) is 0 Å². The van der Waals surface area contributed by atoms with Crippen molar-refractivity contribution in [2.24, 2.45) is 0 Å². The van der Waals surface area contributed by atoms with Crippen molar-refractivity contribution >= 4 is 5.83 Å². The van der Waals surface area contributed by atoms with Crippen molar-refractivity contribution in [3.05, 3.63) is 77.9 Å². The van der Waals surface area contributed by atoms with Crippen molar-refractivity contribution in [3.63, 3.8) is 0 Å². The van der Waals surface area contributed by atoms with Gasteiger partial charge in [0.2, 0.25) is 0 Å². The molecular formula is C15H13F. The van der Waals surface area contributed by atoms with Crippen LogP contribution in [0.4, 0.5) is 4.39 Å². The molecule has 0 radical (unpaired) electrons. The quantitative estimate of drug-likeness (QED) is 0.713. The van der Waals surface area contributed by atoms with Gasteiger partial charge in [-0.15, -0.1) is 0 Å². The minimum atomic E-state index is -0.163. The molecule has 0 saturated heterocycles. The molecule has 0 heterocycles. The summed E-state index contributed by atoms with van der Waals surface area (Å²) in [5, 5.41) is 0. The second-order valence-electron chi connectivity index (χ2n) is 3.61. The Morgan fingerprint density at radius 1 is 0.875 bits per heavy atom. The van der Waals surface area contributed by atoms with Crippen LogP contribution in [0, 0.1) is 0 Å². The summed E-state index contributed by atoms with van der Waals surface area (Å²) in [6.07, 6.45) is 2.24. The van der Waals surface area contributed by atoms with Gasteiger partial charge in [-0.3, -0.25) is 0 Å². The molecule has 0 aliphatic carbocycles. The molecule has 0 amide bonds. The van der Waals surface area contributed by atoms with Gasteiger partial charge in [-0.1, -0.05) is 60.7 Å². The summed E-state index contributed by atoms with van der Waals surface area (Å²) in [5.74, 6) is -0.163. The standard InChI is InChI=1S/C15H13F/c16-15(14-9-5-2-6-10-14)12-11-13-7-3-1-4-8-13/h1-10,12H,11H2/b15-12+. The van der Waals surface area contributed by atoms with Gasteiger partial charge in [-0.05, 0) is 18.1 Å². The van der Waals surface area contributed by atoms with E-state index in [0.717, 1.165) is 5.56 Å². The highest BCUT2D eigenvalue weighted by atomic mass is 19.1. The van der Waals surface area contributed by atoms with E-state index in [4.69, 9.17) is 0 Å². The van der Waals surface area contributed by atoms with Gasteiger partial charge >= 0.3 is 0 Å². The minimum absolute atomic E-state index is 0.163. The minimum Gasteiger partial charge on any atom is -0.207 e. The fourth-order valence-corrected chi connectivity index (χ4v) is 1.54. The second kappa shape index (κ2) is 5.26. The van der Waals surface area contributed by atoms with Crippen LogP contribution in [0.15, 0.2) is 66.7 Å². The SMILES string of the molecule is F/C(=C/Cc1ccccc1)c1ccccc1. The zero-order valence-corrected chi connectivity index (χ0v) is 8.94. The van der Waals surface area contributed by atoms with Crippen LogP contribution in [0.25, 0.3) is 5.83 Å². The molecule has 0 N–H and O–H groups in total. The Balaban J connectivity index is 2.09. The first-order valence-electron chi connectivity index (χ1n) is 5.31. The Kier molecular flexibility index (Phi) is 3.50. The lowest BCUT2D eigenvalue weighted by molar-refractivity contribution is 0.756. The fraction of sp³-hybridized carbons (Fsp3) is 0.0667. The number of allylic oxidation sites excluding steroid dienone is 1. The molecule has 0 nitrogen and oxygen atoms in total. The zero-order valence-electron chi connectivity index (χ0n) is 8.94. The summed E-state index contributed by atoms with van der Waals surface area (Å²) in [5.41, 5.74) is 1.76. The topological polar surface area (TPSA) is 0 Å². The van der Waals surface area contributed by atoms with Gasteiger partial charge in [-0.25, -0.2) is 4.39 Å². The molecule has 0 atom stereocenters. The summed E-state index contributed by atoms with van der Waals surface area (Å²) < 4.78 is 13.7. The maximum absolute atomic E-state index is 13.7. The molecule has 80 valence electrons. The molecule has 2 aromatic carbocycles. The first-order chi connectivity index (χ1) is 7.86. The van der Waals surface area contributed by atoms with E-state index in [-0.39, 0.29) is 5.83 Å². The Morgan fingerprint density at radius 3 is 2.06 bits per heavy atom. The first kappa shape index (κ1) is 10.6. The highest BCUT2D eigenvalue weighted by Gasteiger charge is 1.97. The average molecular weight is 212 g/mol. The van der Waals surface area contributed by atoms with Gasteiger partial charge in [0.15, 0.2) is 0 Å². The van der Waals surface area contributed by atoms with Gasteiger partial charge < -0.3 is 0 Å². The van der Waals surface area contributed by atoms with Crippen molar-refractivity contribution in [1.29, 1.82) is 0 Å². The first-order valence-corrected chi connectivity index (χ1v) is 5.31. The third kappa shape index (κ3) is 2.80. The molecule has 0 fully saturated rings. The van der Waals surface area contributed by atoms with Crippen LogP contribution in [0.1, 0.15) is 11.1 Å². The van der Waals surface area contributed by atoms with E-state index in [0.29, 0.717) is 12.0 Å². The number of rotatable bonds is 3. The predicted octanol–water partition coefficient (Wildman–Crippen LogP) is 4.24. The number of benzene rings is 2. The lowest BCUT2D eigenvalue weighted by atomic mass is 10.1. The molecule has 1 heteroatoms. The van der Waals surface area contributed by atoms with Gasteiger partial charge in [0.1, 0.15) is 5.83 Å². The van der Waals surface area contributed by atoms with Crippen molar-refractivity contribution in [2.75, 3.05) is 0 Å². The van der Waals surface area contributed by atoms with Crippen molar-refractivity contribution in [1.82, 2.24) is 0 Å². The average Bonchev–Trinajstić information content (AvgIpc) is 2.38. The third-order valence-corrected chi connectivity index (χ3v) is 2.41. The predicted molar refractivity (Wildman–Crippen MR) is 65.7 cm³/mol. The lowest BCUT2D eigenvalue weighted by Gasteiger charge is -1.98. The number of hydrogen-bond acceptors (Lipinski definition) is 0. The smallest absolute Gasteiger partial charge is 0.126 e. The van der Waals surface area contributed by atoms with Gasteiger partial charge in [0.05, 0.1) is 0 Å². The lowest BCUT2D eigenvalue weighted by Crippen LogP contribution is -1.82. The normalized spacial score (nSPS) is 11.4.